The molecule has 0 N–H and O–H groups in total. The van der Waals surface area contributed by atoms with E-state index in [2.05, 4.69) is 38.4 Å². The van der Waals surface area contributed by atoms with Gasteiger partial charge in [-0.15, -0.1) is 0 Å². The van der Waals surface area contributed by atoms with Crippen molar-refractivity contribution in [3.05, 3.63) is 54.1 Å². The van der Waals surface area contributed by atoms with Gasteiger partial charge in [0, 0.05) is 43.7 Å². The molecule has 2 heterocycles. The Kier molecular flexibility index (Phi) is 6.94. The van der Waals surface area contributed by atoms with Gasteiger partial charge in [-0.1, -0.05) is 24.3 Å². The lowest BCUT2D eigenvalue weighted by molar-refractivity contribution is 0.0782. The molecule has 0 amide bonds. The normalized spacial score (nSPS) is 14.9. The number of anilines is 1. The van der Waals surface area contributed by atoms with E-state index in [1.54, 1.807) is 30.6 Å². The number of carbonyl (C=O) groups is 1. The summed E-state index contributed by atoms with van der Waals surface area (Å²) >= 11 is 1.58. The summed E-state index contributed by atoms with van der Waals surface area (Å²) in [5, 5.41) is 1.26. The van der Waals surface area contributed by atoms with Gasteiger partial charge in [-0.3, -0.25) is 9.69 Å². The van der Waals surface area contributed by atoms with Gasteiger partial charge in [0.15, 0.2) is 5.78 Å². The monoisotopic (exact) mass is 425 g/mol. The summed E-state index contributed by atoms with van der Waals surface area (Å²) in [5.41, 5.74) is 0.665. The number of ether oxygens (including phenoxy) is 2. The molecular formula is C23H27N3O3S. The van der Waals surface area contributed by atoms with Crippen LogP contribution in [0, 0.1) is 0 Å². The molecule has 0 radical (unpaired) electrons. The van der Waals surface area contributed by atoms with E-state index >= 15 is 0 Å². The highest BCUT2D eigenvalue weighted by atomic mass is 32.1. The molecule has 1 saturated heterocycles. The zero-order chi connectivity index (χ0) is 20.8. The maximum atomic E-state index is 11.4. The summed E-state index contributed by atoms with van der Waals surface area (Å²) < 4.78 is 17.3. The molecule has 1 aliphatic rings. The minimum absolute atomic E-state index is 0.0414. The minimum atomic E-state index is 0.0414. The molecule has 1 fully saturated rings. The summed E-state index contributed by atoms with van der Waals surface area (Å²) in [6.45, 7) is 8.20. The Bertz CT molecular complexity index is 982. The second-order valence-electron chi connectivity index (χ2n) is 7.38. The highest BCUT2D eigenvalue weighted by molar-refractivity contribution is 7.13. The van der Waals surface area contributed by atoms with Crippen LogP contribution in [0.15, 0.2) is 48.5 Å². The number of piperazine rings is 1. The Morgan fingerprint density at radius 3 is 2.70 bits per heavy atom. The smallest absolute Gasteiger partial charge is 0.159 e. The third kappa shape index (κ3) is 5.16. The van der Waals surface area contributed by atoms with Gasteiger partial charge in [0.25, 0.3) is 0 Å². The lowest BCUT2D eigenvalue weighted by atomic mass is 10.1. The van der Waals surface area contributed by atoms with Crippen molar-refractivity contribution in [1.29, 1.82) is 0 Å². The van der Waals surface area contributed by atoms with Crippen LogP contribution in [-0.4, -0.2) is 67.6 Å². The molecule has 1 aliphatic heterocycles. The van der Waals surface area contributed by atoms with Crippen LogP contribution in [0.3, 0.4) is 0 Å². The number of Topliss-reactive ketones (excluding diaryl/α,β-unsaturated/α-hetero) is 1. The number of hydrogen-bond donors (Lipinski definition) is 0. The fourth-order valence-electron chi connectivity index (χ4n) is 3.60. The summed E-state index contributed by atoms with van der Waals surface area (Å²) in [7, 11) is 0. The van der Waals surface area contributed by atoms with Crippen LogP contribution in [0.2, 0.25) is 0 Å². The largest absolute Gasteiger partial charge is 0.491 e. The molecular weight excluding hydrogens is 398 g/mol. The van der Waals surface area contributed by atoms with E-state index in [-0.39, 0.29) is 5.78 Å². The first kappa shape index (κ1) is 20.8. The first-order chi connectivity index (χ1) is 14.7. The standard InChI is InChI=1S/C23H27N3O3S/c1-18(27)19-5-4-6-20(17-19)29-16-15-28-14-13-25-9-11-26(12-10-25)23-21-7-2-3-8-22(21)30-24-23/h2-8,17H,9-16H2,1H3. The molecule has 0 unspecified atom stereocenters. The van der Waals surface area contributed by atoms with E-state index in [4.69, 9.17) is 9.47 Å². The van der Waals surface area contributed by atoms with Crippen LogP contribution in [-0.2, 0) is 4.74 Å². The maximum Gasteiger partial charge on any atom is 0.159 e. The third-order valence-corrected chi connectivity index (χ3v) is 6.14. The number of ketones is 1. The topological polar surface area (TPSA) is 54.9 Å². The van der Waals surface area contributed by atoms with Crippen molar-refractivity contribution in [3.8, 4) is 5.75 Å². The SMILES string of the molecule is CC(=O)c1cccc(OCCOCCN2CCN(c3nsc4ccccc34)CC2)c1. The summed E-state index contributed by atoms with van der Waals surface area (Å²) in [6, 6.07) is 15.7. The number of benzene rings is 2. The average Bonchev–Trinajstić information content (AvgIpc) is 3.21. The van der Waals surface area contributed by atoms with Gasteiger partial charge in [-0.05, 0) is 42.7 Å². The first-order valence-electron chi connectivity index (χ1n) is 10.3. The Morgan fingerprint density at radius 1 is 1.03 bits per heavy atom. The molecule has 30 heavy (non-hydrogen) atoms. The van der Waals surface area contributed by atoms with Crippen LogP contribution in [0.25, 0.3) is 10.1 Å². The van der Waals surface area contributed by atoms with E-state index in [0.29, 0.717) is 31.1 Å². The maximum absolute atomic E-state index is 11.4. The molecule has 1 aromatic heterocycles. The van der Waals surface area contributed by atoms with Crippen molar-refractivity contribution in [2.75, 3.05) is 57.4 Å². The van der Waals surface area contributed by atoms with E-state index in [1.165, 1.54) is 10.1 Å². The quantitative estimate of drug-likeness (QED) is 0.385. The predicted octanol–water partition coefficient (Wildman–Crippen LogP) is 3.72. The van der Waals surface area contributed by atoms with Crippen LogP contribution in [0.1, 0.15) is 17.3 Å². The van der Waals surface area contributed by atoms with E-state index < -0.39 is 0 Å². The number of nitrogens with zero attached hydrogens (tertiary/aromatic N) is 3. The van der Waals surface area contributed by atoms with Crippen molar-refractivity contribution < 1.29 is 14.3 Å². The fourth-order valence-corrected chi connectivity index (χ4v) is 4.40. The van der Waals surface area contributed by atoms with Gasteiger partial charge in [0.1, 0.15) is 18.2 Å². The number of fused-ring (bicyclic) bond motifs is 1. The number of rotatable bonds is 9. The number of hydrogen-bond acceptors (Lipinski definition) is 7. The molecule has 7 heteroatoms. The predicted molar refractivity (Wildman–Crippen MR) is 121 cm³/mol. The Balaban J connectivity index is 1.13. The van der Waals surface area contributed by atoms with Crippen molar-refractivity contribution in [1.82, 2.24) is 9.27 Å². The Hall–Kier alpha value is -2.48. The van der Waals surface area contributed by atoms with Gasteiger partial charge in [-0.25, -0.2) is 0 Å². The average molecular weight is 426 g/mol. The molecule has 6 nitrogen and oxygen atoms in total. The zero-order valence-corrected chi connectivity index (χ0v) is 18.1. The van der Waals surface area contributed by atoms with Gasteiger partial charge in [0.05, 0.1) is 17.9 Å². The van der Waals surface area contributed by atoms with Gasteiger partial charge in [-0.2, -0.15) is 4.37 Å². The number of carbonyl (C=O) groups excluding carboxylic acids is 1. The lowest BCUT2D eigenvalue weighted by Crippen LogP contribution is -2.47. The molecule has 0 aliphatic carbocycles. The molecule has 0 atom stereocenters. The Morgan fingerprint density at radius 2 is 1.87 bits per heavy atom. The van der Waals surface area contributed by atoms with Crippen LogP contribution in [0.4, 0.5) is 5.82 Å². The molecule has 0 bridgehead atoms. The highest BCUT2D eigenvalue weighted by Crippen LogP contribution is 2.29. The number of aromatic nitrogens is 1. The van der Waals surface area contributed by atoms with Crippen molar-refractivity contribution >= 4 is 33.2 Å². The van der Waals surface area contributed by atoms with Gasteiger partial charge < -0.3 is 14.4 Å². The first-order valence-corrected chi connectivity index (χ1v) is 11.1. The minimum Gasteiger partial charge on any atom is -0.491 e. The second kappa shape index (κ2) is 10.0. The van der Waals surface area contributed by atoms with Gasteiger partial charge >= 0.3 is 0 Å². The van der Waals surface area contributed by atoms with Crippen molar-refractivity contribution in [2.45, 2.75) is 6.92 Å². The summed E-state index contributed by atoms with van der Waals surface area (Å²) in [6.07, 6.45) is 0. The van der Waals surface area contributed by atoms with E-state index in [1.807, 2.05) is 12.1 Å². The van der Waals surface area contributed by atoms with Crippen molar-refractivity contribution in [3.63, 3.8) is 0 Å². The van der Waals surface area contributed by atoms with E-state index in [0.717, 1.165) is 38.5 Å². The zero-order valence-electron chi connectivity index (χ0n) is 17.3. The van der Waals surface area contributed by atoms with Gasteiger partial charge in [0.2, 0.25) is 0 Å². The van der Waals surface area contributed by atoms with Crippen LogP contribution < -0.4 is 9.64 Å². The lowest BCUT2D eigenvalue weighted by Gasteiger charge is -2.35. The third-order valence-electron chi connectivity index (χ3n) is 5.32. The molecule has 158 valence electrons. The van der Waals surface area contributed by atoms with Crippen molar-refractivity contribution in [2.24, 2.45) is 0 Å². The molecule has 3 aromatic rings. The molecule has 0 spiro atoms. The highest BCUT2D eigenvalue weighted by Gasteiger charge is 2.20. The van der Waals surface area contributed by atoms with Crippen LogP contribution in [0.5, 0.6) is 5.75 Å². The summed E-state index contributed by atoms with van der Waals surface area (Å²) in [5.74, 6) is 1.87. The van der Waals surface area contributed by atoms with E-state index in [9.17, 15) is 4.79 Å². The second-order valence-corrected chi connectivity index (χ2v) is 8.18. The molecule has 0 saturated carbocycles. The Labute approximate surface area is 181 Å². The molecule has 2 aromatic carbocycles. The van der Waals surface area contributed by atoms with Crippen LogP contribution >= 0.6 is 11.5 Å². The summed E-state index contributed by atoms with van der Waals surface area (Å²) in [4.78, 5) is 16.2. The molecule has 4 rings (SSSR count). The fraction of sp³-hybridized carbons (Fsp3) is 0.391.